The van der Waals surface area contributed by atoms with Gasteiger partial charge in [0.05, 0.1) is 10.8 Å². The van der Waals surface area contributed by atoms with Crippen LogP contribution >= 0.6 is 39.3 Å². The lowest BCUT2D eigenvalue weighted by atomic mass is 10.2. The van der Waals surface area contributed by atoms with E-state index in [2.05, 4.69) is 26.2 Å². The van der Waals surface area contributed by atoms with E-state index >= 15 is 0 Å². The maximum atomic E-state index is 12.3. The molecule has 0 bridgehead atoms. The molecule has 1 aromatic rings. The fourth-order valence-corrected chi connectivity index (χ4v) is 2.36. The Balaban J connectivity index is 2.99. The second kappa shape index (κ2) is 7.39. The number of hydrogen-bond donors (Lipinski definition) is 0. The molecule has 0 heterocycles. The van der Waals surface area contributed by atoms with Crippen LogP contribution < -0.4 is 0 Å². The number of benzene rings is 1. The normalized spacial score (nSPS) is 14.6. The Labute approximate surface area is 139 Å². The maximum absolute atomic E-state index is 12.3. The van der Waals surface area contributed by atoms with Gasteiger partial charge in [0.25, 0.3) is 0 Å². The van der Waals surface area contributed by atoms with Crippen molar-refractivity contribution >= 4 is 45.0 Å². The summed E-state index contributed by atoms with van der Waals surface area (Å²) >= 11 is 8.59. The molecule has 0 fully saturated rings. The number of alkyl halides is 7. The van der Waals surface area contributed by atoms with Crippen LogP contribution in [0.1, 0.15) is 5.56 Å². The van der Waals surface area contributed by atoms with E-state index < -0.39 is 23.1 Å². The molecule has 0 radical (unpaired) electrons. The predicted molar refractivity (Wildman–Crippen MR) is 76.3 cm³/mol. The van der Waals surface area contributed by atoms with Crippen molar-refractivity contribution in [2.75, 3.05) is 5.75 Å². The lowest BCUT2D eigenvalue weighted by Gasteiger charge is -2.11. The first kappa shape index (κ1) is 19.6. The SMILES string of the molecule is Cc1cc(Cl)c(N=NC(Br)C(F)(F)F)cc1SCC(F)(F)F. The van der Waals surface area contributed by atoms with E-state index in [9.17, 15) is 26.3 Å². The summed E-state index contributed by atoms with van der Waals surface area (Å²) in [7, 11) is 0. The second-order valence-electron chi connectivity index (χ2n) is 4.07. The van der Waals surface area contributed by atoms with E-state index in [1.165, 1.54) is 19.1 Å². The Morgan fingerprint density at radius 1 is 1.23 bits per heavy atom. The molecular weight excluding hydrogens is 422 g/mol. The minimum atomic E-state index is -4.63. The van der Waals surface area contributed by atoms with E-state index in [-0.39, 0.29) is 15.6 Å². The average molecular weight is 430 g/mol. The molecule has 0 aliphatic carbocycles. The van der Waals surface area contributed by atoms with Gasteiger partial charge < -0.3 is 0 Å². The van der Waals surface area contributed by atoms with Gasteiger partial charge >= 0.3 is 12.4 Å². The smallest absolute Gasteiger partial charge is 0.170 e. The van der Waals surface area contributed by atoms with Gasteiger partial charge in [-0.2, -0.15) is 36.6 Å². The van der Waals surface area contributed by atoms with Gasteiger partial charge in [0.2, 0.25) is 4.95 Å². The van der Waals surface area contributed by atoms with Crippen LogP contribution in [0.3, 0.4) is 0 Å². The summed E-state index contributed by atoms with van der Waals surface area (Å²) in [4.78, 5) is -2.00. The van der Waals surface area contributed by atoms with Crippen LogP contribution in [0, 0.1) is 6.92 Å². The molecule has 0 spiro atoms. The van der Waals surface area contributed by atoms with Gasteiger partial charge in [0, 0.05) is 4.90 Å². The number of rotatable bonds is 4. The molecule has 0 saturated heterocycles. The summed E-state index contributed by atoms with van der Waals surface area (Å²) in [5.41, 5.74) is 0.329. The lowest BCUT2D eigenvalue weighted by molar-refractivity contribution is -0.126. The third kappa shape index (κ3) is 6.33. The van der Waals surface area contributed by atoms with Gasteiger partial charge in [-0.15, -0.1) is 11.8 Å². The molecule has 0 saturated carbocycles. The molecule has 0 amide bonds. The van der Waals surface area contributed by atoms with Gasteiger partial charge in [0.15, 0.2) is 0 Å². The number of nitrogens with zero attached hydrogens (tertiary/aromatic N) is 2. The number of hydrogen-bond acceptors (Lipinski definition) is 3. The molecule has 11 heteroatoms. The Kier molecular flexibility index (Phi) is 6.58. The van der Waals surface area contributed by atoms with Crippen molar-refractivity contribution in [2.24, 2.45) is 10.2 Å². The first-order valence-electron chi connectivity index (χ1n) is 5.51. The first-order chi connectivity index (χ1) is 9.90. The molecule has 1 unspecified atom stereocenters. The summed E-state index contributed by atoms with van der Waals surface area (Å²) in [5.74, 6) is -1.13. The van der Waals surface area contributed by atoms with Crippen LogP contribution in [0.2, 0.25) is 5.02 Å². The minimum absolute atomic E-state index is 0.000479. The third-order valence-electron chi connectivity index (χ3n) is 2.17. The lowest BCUT2D eigenvalue weighted by Crippen LogP contribution is -2.19. The van der Waals surface area contributed by atoms with E-state index in [1.807, 2.05) is 0 Å². The molecule has 0 aliphatic heterocycles. The number of aryl methyl sites for hydroxylation is 1. The van der Waals surface area contributed by atoms with Crippen LogP contribution in [0.25, 0.3) is 0 Å². The maximum Gasteiger partial charge on any atom is 0.422 e. The highest BCUT2D eigenvalue weighted by atomic mass is 79.9. The van der Waals surface area contributed by atoms with Crippen LogP contribution in [-0.2, 0) is 0 Å². The van der Waals surface area contributed by atoms with Gasteiger partial charge in [0.1, 0.15) is 5.69 Å². The number of thioether (sulfide) groups is 1. The van der Waals surface area contributed by atoms with Gasteiger partial charge in [-0.25, -0.2) is 0 Å². The average Bonchev–Trinajstić information content (AvgIpc) is 2.33. The van der Waals surface area contributed by atoms with Crippen LogP contribution in [-0.4, -0.2) is 23.1 Å². The Morgan fingerprint density at radius 3 is 2.32 bits per heavy atom. The third-order valence-corrected chi connectivity index (χ3v) is 4.40. The Bertz CT molecular complexity index is 561. The zero-order valence-electron chi connectivity index (χ0n) is 10.8. The molecule has 124 valence electrons. The van der Waals surface area contributed by atoms with Crippen LogP contribution in [0.4, 0.5) is 32.0 Å². The summed E-state index contributed by atoms with van der Waals surface area (Å²) in [5, 5.41) is 6.36. The van der Waals surface area contributed by atoms with Crippen molar-refractivity contribution < 1.29 is 26.3 Å². The molecule has 0 aromatic heterocycles. The van der Waals surface area contributed by atoms with E-state index in [4.69, 9.17) is 11.6 Å². The monoisotopic (exact) mass is 428 g/mol. The minimum Gasteiger partial charge on any atom is -0.170 e. The Morgan fingerprint density at radius 2 is 1.82 bits per heavy atom. The van der Waals surface area contributed by atoms with E-state index in [1.54, 1.807) is 0 Å². The van der Waals surface area contributed by atoms with Crippen LogP contribution in [0.5, 0.6) is 0 Å². The van der Waals surface area contributed by atoms with E-state index in [0.717, 1.165) is 0 Å². The highest BCUT2D eigenvalue weighted by molar-refractivity contribution is 9.09. The van der Waals surface area contributed by atoms with Crippen molar-refractivity contribution in [2.45, 2.75) is 29.1 Å². The summed E-state index contributed by atoms with van der Waals surface area (Å²) in [6.45, 7) is 1.54. The standard InChI is InChI=1S/C11H8BrClF6N2S/c1-5-2-6(13)7(20-21-9(12)11(17,18)19)3-8(5)22-4-10(14,15)16/h2-3,9H,4H2,1H3. The molecular formula is C11H8BrClF6N2S. The fraction of sp³-hybridized carbons (Fsp3) is 0.455. The zero-order valence-corrected chi connectivity index (χ0v) is 13.9. The summed E-state index contributed by atoms with van der Waals surface area (Å²) < 4.78 is 73.5. The van der Waals surface area contributed by atoms with Crippen molar-refractivity contribution in [3.05, 3.63) is 22.7 Å². The van der Waals surface area contributed by atoms with E-state index in [0.29, 0.717) is 17.3 Å². The zero-order chi connectivity index (χ0) is 17.1. The molecule has 1 rings (SSSR count). The van der Waals surface area contributed by atoms with Gasteiger partial charge in [-0.1, -0.05) is 27.5 Å². The fourth-order valence-electron chi connectivity index (χ4n) is 1.21. The van der Waals surface area contributed by atoms with Gasteiger partial charge in [-0.3, -0.25) is 0 Å². The number of azo groups is 1. The molecule has 0 N–H and O–H groups in total. The van der Waals surface area contributed by atoms with Gasteiger partial charge in [-0.05, 0) is 24.6 Å². The molecule has 1 atom stereocenters. The van der Waals surface area contributed by atoms with Crippen molar-refractivity contribution in [3.63, 3.8) is 0 Å². The second-order valence-corrected chi connectivity index (χ2v) is 6.36. The summed E-state index contributed by atoms with van der Waals surface area (Å²) in [6.07, 6.45) is -9.00. The molecule has 1 aromatic carbocycles. The topological polar surface area (TPSA) is 24.7 Å². The first-order valence-corrected chi connectivity index (χ1v) is 7.79. The summed E-state index contributed by atoms with van der Waals surface area (Å²) in [6, 6.07) is 2.50. The molecule has 22 heavy (non-hydrogen) atoms. The molecule has 0 aliphatic rings. The highest BCUT2D eigenvalue weighted by Gasteiger charge is 2.38. The predicted octanol–water partition coefficient (Wildman–Crippen LogP) is 6.67. The largest absolute Gasteiger partial charge is 0.422 e. The molecule has 2 nitrogen and oxygen atoms in total. The Hall–Kier alpha value is -0.480. The number of halogens is 8. The highest BCUT2D eigenvalue weighted by Crippen LogP contribution is 2.37. The van der Waals surface area contributed by atoms with Crippen molar-refractivity contribution in [3.8, 4) is 0 Å². The van der Waals surface area contributed by atoms with Crippen LogP contribution in [0.15, 0.2) is 27.3 Å². The van der Waals surface area contributed by atoms with Crippen molar-refractivity contribution in [1.82, 2.24) is 0 Å². The van der Waals surface area contributed by atoms with Crippen molar-refractivity contribution in [1.29, 1.82) is 0 Å². The quantitative estimate of drug-likeness (QED) is 0.172.